The first kappa shape index (κ1) is 28.9. The van der Waals surface area contributed by atoms with Crippen molar-refractivity contribution in [2.45, 2.75) is 58.9 Å². The Hall–Kier alpha value is -2.68. The van der Waals surface area contributed by atoms with Crippen molar-refractivity contribution in [1.29, 1.82) is 0 Å². The summed E-state index contributed by atoms with van der Waals surface area (Å²) in [5, 5.41) is -0.557. The lowest BCUT2D eigenvalue weighted by molar-refractivity contribution is -0.138. The van der Waals surface area contributed by atoms with E-state index < -0.39 is 88.3 Å². The van der Waals surface area contributed by atoms with E-state index in [4.69, 9.17) is 0 Å². The number of nitrogens with one attached hydrogen (secondary N) is 1. The lowest BCUT2D eigenvalue weighted by Gasteiger charge is -2.34. The van der Waals surface area contributed by atoms with E-state index in [0.29, 0.717) is 36.6 Å². The van der Waals surface area contributed by atoms with E-state index in [9.17, 15) is 48.0 Å². The van der Waals surface area contributed by atoms with Gasteiger partial charge in [-0.3, -0.25) is 4.79 Å². The van der Waals surface area contributed by atoms with Crippen LogP contribution < -0.4 is 5.32 Å². The largest absolute Gasteiger partial charge is 0.416 e. The minimum Gasteiger partial charge on any atom is -0.349 e. The number of sulfone groups is 2. The van der Waals surface area contributed by atoms with Crippen LogP contribution >= 0.6 is 0 Å². The first-order valence-corrected chi connectivity index (χ1v) is 14.0. The summed E-state index contributed by atoms with van der Waals surface area (Å²) in [6.07, 6.45) is -11.0. The molecule has 0 spiro atoms. The van der Waals surface area contributed by atoms with Crippen LogP contribution in [-0.4, -0.2) is 40.0 Å². The SMILES string of the molecule is CS(=O)(=O)c1cc(C(F)(F)F)ccc1C(=O)NC1CCC(F)(S(=O)(=O)c2cccc(C(F)(F)F)c2)CC1. The third-order valence-electron chi connectivity index (χ3n) is 5.97. The van der Waals surface area contributed by atoms with Crippen LogP contribution in [0.5, 0.6) is 0 Å². The second-order valence-electron chi connectivity index (χ2n) is 8.64. The zero-order valence-corrected chi connectivity index (χ0v) is 20.6. The smallest absolute Gasteiger partial charge is 0.349 e. The van der Waals surface area contributed by atoms with E-state index in [-0.39, 0.29) is 12.8 Å². The highest BCUT2D eigenvalue weighted by molar-refractivity contribution is 7.92. The molecule has 1 amide bonds. The monoisotopic (exact) mass is 575 g/mol. The summed E-state index contributed by atoms with van der Waals surface area (Å²) < 4.78 is 143. The van der Waals surface area contributed by atoms with E-state index in [1.807, 2.05) is 0 Å². The van der Waals surface area contributed by atoms with Gasteiger partial charge >= 0.3 is 12.4 Å². The topological polar surface area (TPSA) is 97.4 Å². The molecule has 3 rings (SSSR count). The normalized spacial score (nSPS) is 21.5. The number of carbonyl (C=O) groups is 1. The Kier molecular flexibility index (Phi) is 7.47. The Morgan fingerprint density at radius 2 is 1.43 bits per heavy atom. The van der Waals surface area contributed by atoms with Crippen LogP contribution in [0.4, 0.5) is 30.7 Å². The summed E-state index contributed by atoms with van der Waals surface area (Å²) in [6.45, 7) is 0. The number of benzene rings is 2. The average Bonchev–Trinajstić information content (AvgIpc) is 2.78. The van der Waals surface area contributed by atoms with Gasteiger partial charge in [-0.05, 0) is 62.1 Å². The number of rotatable bonds is 5. The van der Waals surface area contributed by atoms with Crippen LogP contribution in [0.2, 0.25) is 0 Å². The number of amides is 1. The maximum absolute atomic E-state index is 15.5. The van der Waals surface area contributed by atoms with Gasteiger partial charge in [-0.25, -0.2) is 21.2 Å². The fourth-order valence-corrected chi connectivity index (χ4v) is 6.61. The molecule has 0 saturated heterocycles. The zero-order valence-electron chi connectivity index (χ0n) is 19.0. The predicted molar refractivity (Wildman–Crippen MR) is 117 cm³/mol. The summed E-state index contributed by atoms with van der Waals surface area (Å²) in [5.41, 5.74) is -3.13. The third kappa shape index (κ3) is 6.08. The molecule has 2 aromatic carbocycles. The van der Waals surface area contributed by atoms with Crippen molar-refractivity contribution in [3.63, 3.8) is 0 Å². The fraction of sp³-hybridized carbons (Fsp3) is 0.409. The summed E-state index contributed by atoms with van der Waals surface area (Å²) in [6, 6.07) is 3.32. The highest BCUT2D eigenvalue weighted by atomic mass is 32.2. The van der Waals surface area contributed by atoms with Gasteiger partial charge in [-0.2, -0.15) is 26.3 Å². The van der Waals surface area contributed by atoms with Gasteiger partial charge in [0.05, 0.1) is 26.5 Å². The van der Waals surface area contributed by atoms with Crippen LogP contribution in [0.25, 0.3) is 0 Å². The molecule has 0 unspecified atom stereocenters. The third-order valence-corrected chi connectivity index (χ3v) is 9.36. The Labute approximate surface area is 207 Å². The molecule has 0 heterocycles. The molecule has 1 N–H and O–H groups in total. The van der Waals surface area contributed by atoms with Crippen molar-refractivity contribution in [2.24, 2.45) is 0 Å². The molecule has 1 saturated carbocycles. The standard InChI is InChI=1S/C22H20F7NO5S2/c1-36(32,33)18-12-14(22(27,28)29)5-6-17(18)19(31)30-15-7-9-20(23,10-8-15)37(34,35)16-4-2-3-13(11-16)21(24,25)26/h2-6,11-12,15H,7-10H2,1H3,(H,30,31). The Bertz CT molecular complexity index is 1410. The van der Waals surface area contributed by atoms with Gasteiger partial charge in [0.15, 0.2) is 9.84 Å². The maximum Gasteiger partial charge on any atom is 0.416 e. The second-order valence-corrected chi connectivity index (χ2v) is 12.8. The molecule has 0 radical (unpaired) electrons. The molecule has 204 valence electrons. The number of carbonyl (C=O) groups excluding carboxylic acids is 1. The van der Waals surface area contributed by atoms with E-state index in [2.05, 4.69) is 5.32 Å². The maximum atomic E-state index is 15.5. The molecule has 0 aromatic heterocycles. The van der Waals surface area contributed by atoms with Crippen LogP contribution in [0.15, 0.2) is 52.3 Å². The number of halogens is 7. The highest BCUT2D eigenvalue weighted by Crippen LogP contribution is 2.41. The van der Waals surface area contributed by atoms with Crippen molar-refractivity contribution in [2.75, 3.05) is 6.26 Å². The molecule has 0 bridgehead atoms. The summed E-state index contributed by atoms with van der Waals surface area (Å²) in [7, 11) is -9.12. The van der Waals surface area contributed by atoms with Crippen molar-refractivity contribution in [3.05, 3.63) is 59.2 Å². The van der Waals surface area contributed by atoms with Gasteiger partial charge in [0.25, 0.3) is 5.91 Å². The first-order chi connectivity index (χ1) is 16.8. The number of hydrogen-bond donors (Lipinski definition) is 1. The highest BCUT2D eigenvalue weighted by Gasteiger charge is 2.48. The molecule has 0 aliphatic heterocycles. The van der Waals surface area contributed by atoms with E-state index in [0.717, 1.165) is 12.1 Å². The molecule has 37 heavy (non-hydrogen) atoms. The Morgan fingerprint density at radius 3 is 1.95 bits per heavy atom. The van der Waals surface area contributed by atoms with Crippen LogP contribution in [-0.2, 0) is 32.0 Å². The van der Waals surface area contributed by atoms with E-state index in [1.165, 1.54) is 0 Å². The summed E-state index contributed by atoms with van der Waals surface area (Å²) >= 11 is 0. The van der Waals surface area contributed by atoms with Crippen LogP contribution in [0.1, 0.15) is 47.2 Å². The summed E-state index contributed by atoms with van der Waals surface area (Å²) in [5.74, 6) is -1.06. The van der Waals surface area contributed by atoms with Crippen molar-refractivity contribution >= 4 is 25.6 Å². The molecule has 1 fully saturated rings. The molecule has 15 heteroatoms. The van der Waals surface area contributed by atoms with Crippen molar-refractivity contribution in [1.82, 2.24) is 5.32 Å². The number of alkyl halides is 7. The van der Waals surface area contributed by atoms with Crippen molar-refractivity contribution < 1.29 is 52.4 Å². The molecular weight excluding hydrogens is 555 g/mol. The predicted octanol–water partition coefficient (Wildman–Crippen LogP) is 4.94. The van der Waals surface area contributed by atoms with Gasteiger partial charge in [-0.15, -0.1) is 0 Å². The molecule has 1 aliphatic carbocycles. The lowest BCUT2D eigenvalue weighted by Crippen LogP contribution is -2.45. The van der Waals surface area contributed by atoms with Gasteiger partial charge < -0.3 is 5.32 Å². The first-order valence-electron chi connectivity index (χ1n) is 10.6. The molecule has 2 aromatic rings. The van der Waals surface area contributed by atoms with Gasteiger partial charge in [0, 0.05) is 12.3 Å². The minimum atomic E-state index is -4.87. The molecular formula is C22H20F7NO5S2. The quantitative estimate of drug-likeness (QED) is 0.510. The van der Waals surface area contributed by atoms with E-state index >= 15 is 4.39 Å². The van der Waals surface area contributed by atoms with Crippen LogP contribution in [0.3, 0.4) is 0 Å². The Balaban J connectivity index is 1.78. The van der Waals surface area contributed by atoms with Gasteiger partial charge in [0.1, 0.15) is 0 Å². The van der Waals surface area contributed by atoms with Gasteiger partial charge in [-0.1, -0.05) is 6.07 Å². The lowest BCUT2D eigenvalue weighted by atomic mass is 9.93. The number of hydrogen-bond acceptors (Lipinski definition) is 5. The minimum absolute atomic E-state index is 0.282. The summed E-state index contributed by atoms with van der Waals surface area (Å²) in [4.78, 5) is 11.0. The van der Waals surface area contributed by atoms with Gasteiger partial charge in [0.2, 0.25) is 14.8 Å². The second kappa shape index (κ2) is 9.57. The van der Waals surface area contributed by atoms with E-state index in [1.54, 1.807) is 0 Å². The molecule has 0 atom stereocenters. The molecule has 6 nitrogen and oxygen atoms in total. The zero-order chi connectivity index (χ0) is 28.0. The van der Waals surface area contributed by atoms with Crippen molar-refractivity contribution in [3.8, 4) is 0 Å². The fourth-order valence-electron chi connectivity index (χ4n) is 3.97. The average molecular weight is 576 g/mol. The van der Waals surface area contributed by atoms with Crippen LogP contribution in [0, 0.1) is 0 Å². The molecule has 1 aliphatic rings. The Morgan fingerprint density at radius 1 is 0.892 bits per heavy atom.